The van der Waals surface area contributed by atoms with Crippen molar-refractivity contribution in [3.05, 3.63) is 54.1 Å². The maximum absolute atomic E-state index is 12.1. The predicted octanol–water partition coefficient (Wildman–Crippen LogP) is 4.62. The van der Waals surface area contributed by atoms with E-state index in [4.69, 9.17) is 0 Å². The van der Waals surface area contributed by atoms with Crippen molar-refractivity contribution in [3.63, 3.8) is 0 Å². The fraction of sp³-hybridized carbons (Fsp3) is 0.429. The van der Waals surface area contributed by atoms with Gasteiger partial charge in [-0.1, -0.05) is 49.6 Å². The summed E-state index contributed by atoms with van der Waals surface area (Å²) in [4.78, 5) is 1.69. The molecule has 26 heavy (non-hydrogen) atoms. The zero-order chi connectivity index (χ0) is 18.0. The molecule has 0 aromatic heterocycles. The Morgan fingerprint density at radius 3 is 2.27 bits per heavy atom. The Morgan fingerprint density at radius 1 is 1.00 bits per heavy atom. The molecule has 5 heteroatoms. The Kier molecular flexibility index (Phi) is 4.81. The summed E-state index contributed by atoms with van der Waals surface area (Å²) in [5.74, 6) is 0. The SMILES string of the molecule is CN(c1ccccc1CC1([S+]=O)Nc2ccccc2N1)C1CCCCC1. The van der Waals surface area contributed by atoms with Gasteiger partial charge in [0.25, 0.3) is 0 Å². The van der Waals surface area contributed by atoms with Crippen LogP contribution in [0.2, 0.25) is 0 Å². The van der Waals surface area contributed by atoms with Crippen LogP contribution in [0, 0.1) is 0 Å². The van der Waals surface area contributed by atoms with E-state index in [0.717, 1.165) is 11.4 Å². The van der Waals surface area contributed by atoms with E-state index in [2.05, 4.69) is 46.8 Å². The van der Waals surface area contributed by atoms with Crippen LogP contribution in [-0.4, -0.2) is 18.1 Å². The van der Waals surface area contributed by atoms with Crippen molar-refractivity contribution >= 4 is 28.7 Å². The lowest BCUT2D eigenvalue weighted by Crippen LogP contribution is -2.44. The average Bonchev–Trinajstić information content (AvgIpc) is 3.07. The van der Waals surface area contributed by atoms with Crippen molar-refractivity contribution in [1.29, 1.82) is 0 Å². The van der Waals surface area contributed by atoms with E-state index >= 15 is 0 Å². The van der Waals surface area contributed by atoms with Gasteiger partial charge in [-0.05, 0) is 36.6 Å². The molecule has 0 saturated heterocycles. The molecule has 2 aromatic carbocycles. The first-order chi connectivity index (χ1) is 12.7. The lowest BCUT2D eigenvalue weighted by Gasteiger charge is -2.34. The van der Waals surface area contributed by atoms with Gasteiger partial charge in [0.05, 0.1) is 17.8 Å². The first kappa shape index (κ1) is 17.3. The number of fused-ring (bicyclic) bond motifs is 1. The first-order valence-electron chi connectivity index (χ1n) is 9.48. The van der Waals surface area contributed by atoms with E-state index in [1.807, 2.05) is 24.3 Å². The third kappa shape index (κ3) is 3.28. The largest absolute Gasteiger partial charge is 0.514 e. The van der Waals surface area contributed by atoms with Gasteiger partial charge in [-0.3, -0.25) is 0 Å². The Hall–Kier alpha value is -2.14. The van der Waals surface area contributed by atoms with Crippen LogP contribution in [0.5, 0.6) is 0 Å². The summed E-state index contributed by atoms with van der Waals surface area (Å²) in [6.45, 7) is 0. The minimum atomic E-state index is -0.743. The second kappa shape index (κ2) is 7.23. The third-order valence-corrected chi connectivity index (χ3v) is 6.31. The lowest BCUT2D eigenvalue weighted by atomic mass is 9.93. The zero-order valence-electron chi connectivity index (χ0n) is 15.2. The number of nitrogens with one attached hydrogen (secondary N) is 2. The Balaban J connectivity index is 1.59. The Morgan fingerprint density at radius 2 is 1.62 bits per heavy atom. The van der Waals surface area contributed by atoms with Crippen LogP contribution in [0.25, 0.3) is 0 Å². The van der Waals surface area contributed by atoms with E-state index in [1.54, 1.807) is 0 Å². The molecule has 4 nitrogen and oxygen atoms in total. The lowest BCUT2D eigenvalue weighted by molar-refractivity contribution is 0.427. The van der Waals surface area contributed by atoms with Crippen molar-refractivity contribution in [2.45, 2.75) is 49.6 Å². The van der Waals surface area contributed by atoms with Gasteiger partial charge in [0, 0.05) is 23.0 Å². The maximum Gasteiger partial charge on any atom is 0.514 e. The molecule has 2 aromatic rings. The molecule has 1 fully saturated rings. The van der Waals surface area contributed by atoms with Crippen LogP contribution in [0.15, 0.2) is 48.5 Å². The van der Waals surface area contributed by atoms with Gasteiger partial charge in [0.15, 0.2) is 0 Å². The third-order valence-electron chi connectivity index (χ3n) is 5.68. The second-order valence-electron chi connectivity index (χ2n) is 7.41. The molecule has 0 spiro atoms. The van der Waals surface area contributed by atoms with E-state index in [1.165, 1.54) is 43.4 Å². The highest BCUT2D eigenvalue weighted by Gasteiger charge is 2.50. The minimum absolute atomic E-state index is 0.597. The van der Waals surface area contributed by atoms with Crippen LogP contribution in [0.4, 0.5) is 17.1 Å². The van der Waals surface area contributed by atoms with Gasteiger partial charge in [-0.2, -0.15) is 0 Å². The molecule has 2 aliphatic rings. The fourth-order valence-electron chi connectivity index (χ4n) is 4.26. The highest BCUT2D eigenvalue weighted by Crippen LogP contribution is 2.37. The molecule has 0 bridgehead atoms. The topological polar surface area (TPSA) is 44.4 Å². The van der Waals surface area contributed by atoms with Crippen LogP contribution in [0.3, 0.4) is 0 Å². The normalized spacial score (nSPS) is 18.5. The van der Waals surface area contributed by atoms with Crippen molar-refractivity contribution in [3.8, 4) is 0 Å². The molecule has 0 atom stereocenters. The van der Waals surface area contributed by atoms with E-state index in [0.29, 0.717) is 24.1 Å². The standard InChI is InChI=1S/C21H26N3OS/c1-24(17-10-3-2-4-11-17)20-14-8-5-9-16(20)15-21(26-25)22-18-12-6-7-13-19(18)23-21/h5-9,12-14,17,22-23H,2-4,10-11,15H2,1H3/q+1. The number of nitrogens with zero attached hydrogens (tertiary/aromatic N) is 1. The molecule has 4 rings (SSSR count). The molecule has 1 saturated carbocycles. The van der Waals surface area contributed by atoms with Crippen molar-refractivity contribution in [2.75, 3.05) is 22.6 Å². The summed E-state index contributed by atoms with van der Waals surface area (Å²) in [6, 6.07) is 17.1. The summed E-state index contributed by atoms with van der Waals surface area (Å²) >= 11 is 0.597. The molecule has 0 radical (unpaired) electrons. The molecule has 0 amide bonds. The molecule has 1 aliphatic carbocycles. The van der Waals surface area contributed by atoms with Gasteiger partial charge in [-0.25, -0.2) is 0 Å². The van der Waals surface area contributed by atoms with Crippen molar-refractivity contribution in [2.24, 2.45) is 0 Å². The molecule has 136 valence electrons. The van der Waals surface area contributed by atoms with Gasteiger partial charge < -0.3 is 15.5 Å². The smallest absolute Gasteiger partial charge is 0.371 e. The highest BCUT2D eigenvalue weighted by molar-refractivity contribution is 7.67. The summed E-state index contributed by atoms with van der Waals surface area (Å²) < 4.78 is 12.1. The monoisotopic (exact) mass is 368 g/mol. The molecule has 1 aliphatic heterocycles. The van der Waals surface area contributed by atoms with Gasteiger partial charge in [0.2, 0.25) is 0 Å². The quantitative estimate of drug-likeness (QED) is 0.756. The number of anilines is 3. The number of rotatable bonds is 5. The first-order valence-corrected chi connectivity index (χ1v) is 10.2. The van der Waals surface area contributed by atoms with Crippen molar-refractivity contribution in [1.82, 2.24) is 0 Å². The summed E-state index contributed by atoms with van der Waals surface area (Å²) in [7, 11) is 2.20. The maximum atomic E-state index is 12.1. The summed E-state index contributed by atoms with van der Waals surface area (Å²) in [5.41, 5.74) is 4.44. The zero-order valence-corrected chi connectivity index (χ0v) is 16.0. The number of hydrogen-bond donors (Lipinski definition) is 2. The molecular formula is C21H26N3OS+. The number of benzene rings is 2. The molecule has 1 heterocycles. The minimum Gasteiger partial charge on any atom is -0.371 e. The van der Waals surface area contributed by atoms with Crippen LogP contribution < -0.4 is 15.5 Å². The number of hydrogen-bond acceptors (Lipinski definition) is 4. The van der Waals surface area contributed by atoms with Crippen LogP contribution >= 0.6 is 0 Å². The van der Waals surface area contributed by atoms with Gasteiger partial charge >= 0.3 is 16.7 Å². The van der Waals surface area contributed by atoms with Crippen LogP contribution in [-0.2, 0) is 22.3 Å². The molecule has 0 unspecified atom stereocenters. The summed E-state index contributed by atoms with van der Waals surface area (Å²) in [6.07, 6.45) is 7.13. The van der Waals surface area contributed by atoms with E-state index in [-0.39, 0.29) is 0 Å². The van der Waals surface area contributed by atoms with E-state index < -0.39 is 4.99 Å². The molecule has 2 N–H and O–H groups in total. The van der Waals surface area contributed by atoms with Crippen molar-refractivity contribution < 1.29 is 4.21 Å². The van der Waals surface area contributed by atoms with Gasteiger partial charge in [-0.15, -0.1) is 0 Å². The van der Waals surface area contributed by atoms with Gasteiger partial charge in [0.1, 0.15) is 0 Å². The Bertz CT molecular complexity index is 763. The second-order valence-corrected chi connectivity index (χ2v) is 8.28. The fourth-order valence-corrected chi connectivity index (χ4v) is 4.78. The van der Waals surface area contributed by atoms with Crippen LogP contribution in [0.1, 0.15) is 37.7 Å². The average molecular weight is 369 g/mol. The molecular weight excluding hydrogens is 342 g/mol. The van der Waals surface area contributed by atoms with E-state index in [9.17, 15) is 4.21 Å². The predicted molar refractivity (Wildman–Crippen MR) is 110 cm³/mol. The number of para-hydroxylation sites is 3. The highest BCUT2D eigenvalue weighted by atomic mass is 32.1. The summed E-state index contributed by atoms with van der Waals surface area (Å²) in [5, 5.41) is 6.83. The Labute approximate surface area is 159 Å².